The Morgan fingerprint density at radius 2 is 2.11 bits per heavy atom. The number of rotatable bonds is 4. The van der Waals surface area contributed by atoms with Gasteiger partial charge in [-0.05, 0) is 37.9 Å². The third-order valence-electron chi connectivity index (χ3n) is 3.85. The van der Waals surface area contributed by atoms with Gasteiger partial charge in [-0.3, -0.25) is 4.90 Å². The summed E-state index contributed by atoms with van der Waals surface area (Å²) in [7, 11) is 0. The van der Waals surface area contributed by atoms with Gasteiger partial charge in [0, 0.05) is 23.2 Å². The Balaban J connectivity index is 2.14. The van der Waals surface area contributed by atoms with Crippen molar-refractivity contribution >= 4 is 23.2 Å². The third kappa shape index (κ3) is 3.77. The first-order valence-corrected chi connectivity index (χ1v) is 7.78. The fraction of sp³-hybridized carbons (Fsp3) is 0.600. The van der Waals surface area contributed by atoms with Crippen LogP contribution in [0, 0.1) is 0 Å². The van der Waals surface area contributed by atoms with Gasteiger partial charge in [-0.1, -0.05) is 43.0 Å². The van der Waals surface area contributed by atoms with E-state index in [0.717, 1.165) is 18.7 Å². The molecule has 0 radical (unpaired) electrons. The number of benzene rings is 1. The number of phenols is 1. The molecule has 1 saturated heterocycles. The van der Waals surface area contributed by atoms with Gasteiger partial charge >= 0.3 is 0 Å². The van der Waals surface area contributed by atoms with Crippen LogP contribution in [0.2, 0.25) is 10.0 Å². The van der Waals surface area contributed by atoms with Crippen molar-refractivity contribution in [2.45, 2.75) is 51.6 Å². The van der Waals surface area contributed by atoms with E-state index in [1.54, 1.807) is 6.07 Å². The average Bonchev–Trinajstić information content (AvgIpc) is 2.38. The van der Waals surface area contributed by atoms with Gasteiger partial charge < -0.3 is 5.11 Å². The van der Waals surface area contributed by atoms with E-state index in [0.29, 0.717) is 16.1 Å². The van der Waals surface area contributed by atoms with Gasteiger partial charge in [0.15, 0.2) is 0 Å². The molecule has 2 nitrogen and oxygen atoms in total. The summed E-state index contributed by atoms with van der Waals surface area (Å²) in [6.07, 6.45) is 6.21. The van der Waals surface area contributed by atoms with Crippen molar-refractivity contribution in [1.82, 2.24) is 4.90 Å². The number of phenolic OH excluding ortho intramolecular Hbond substituents is 1. The van der Waals surface area contributed by atoms with Crippen molar-refractivity contribution < 1.29 is 5.11 Å². The number of hydrogen-bond donors (Lipinski definition) is 1. The minimum absolute atomic E-state index is 0.173. The number of likely N-dealkylation sites (tertiary alicyclic amines) is 1. The fourth-order valence-electron chi connectivity index (χ4n) is 2.89. The van der Waals surface area contributed by atoms with Crippen LogP contribution in [0.1, 0.15) is 44.6 Å². The molecule has 1 aliphatic heterocycles. The van der Waals surface area contributed by atoms with Gasteiger partial charge in [-0.25, -0.2) is 0 Å². The number of halogens is 2. The third-order valence-corrected chi connectivity index (χ3v) is 4.36. The van der Waals surface area contributed by atoms with E-state index in [1.807, 2.05) is 6.07 Å². The first-order chi connectivity index (χ1) is 9.11. The molecule has 0 aromatic heterocycles. The van der Waals surface area contributed by atoms with Gasteiger partial charge in [0.25, 0.3) is 0 Å². The highest BCUT2D eigenvalue weighted by molar-refractivity contribution is 6.35. The Labute approximate surface area is 125 Å². The van der Waals surface area contributed by atoms with Crippen molar-refractivity contribution in [3.8, 4) is 5.75 Å². The molecular formula is C15H21Cl2NO. The molecule has 0 bridgehead atoms. The zero-order valence-electron chi connectivity index (χ0n) is 11.3. The van der Waals surface area contributed by atoms with Crippen LogP contribution in [0.25, 0.3) is 0 Å². The lowest BCUT2D eigenvalue weighted by Crippen LogP contribution is -2.38. The highest BCUT2D eigenvalue weighted by Gasteiger charge is 2.23. The van der Waals surface area contributed by atoms with Crippen molar-refractivity contribution in [3.05, 3.63) is 27.7 Å². The molecule has 0 aliphatic carbocycles. The summed E-state index contributed by atoms with van der Waals surface area (Å²) in [5, 5.41) is 11.0. The van der Waals surface area contributed by atoms with Crippen molar-refractivity contribution in [2.75, 3.05) is 6.54 Å². The Kier molecular flexibility index (Phi) is 5.37. The van der Waals surface area contributed by atoms with Crippen LogP contribution >= 0.6 is 23.2 Å². The first kappa shape index (κ1) is 15.0. The molecule has 4 heteroatoms. The summed E-state index contributed by atoms with van der Waals surface area (Å²) >= 11 is 12.0. The Bertz CT molecular complexity index is 434. The summed E-state index contributed by atoms with van der Waals surface area (Å²) < 4.78 is 0. The largest absolute Gasteiger partial charge is 0.506 e. The lowest BCUT2D eigenvalue weighted by molar-refractivity contribution is 0.130. The molecule has 1 unspecified atom stereocenters. The maximum absolute atomic E-state index is 10.1. The minimum Gasteiger partial charge on any atom is -0.506 e. The molecule has 1 aromatic rings. The van der Waals surface area contributed by atoms with Crippen LogP contribution in [0.15, 0.2) is 12.1 Å². The highest BCUT2D eigenvalue weighted by atomic mass is 35.5. The van der Waals surface area contributed by atoms with Gasteiger partial charge in [0.1, 0.15) is 5.75 Å². The smallest absolute Gasteiger partial charge is 0.138 e. The van der Waals surface area contributed by atoms with Gasteiger partial charge in [-0.2, -0.15) is 0 Å². The molecule has 2 rings (SSSR count). The van der Waals surface area contributed by atoms with Gasteiger partial charge in [-0.15, -0.1) is 0 Å². The lowest BCUT2D eigenvalue weighted by atomic mass is 9.97. The highest BCUT2D eigenvalue weighted by Crippen LogP contribution is 2.33. The minimum atomic E-state index is 0.173. The molecule has 0 amide bonds. The van der Waals surface area contributed by atoms with E-state index in [4.69, 9.17) is 23.2 Å². The molecule has 1 heterocycles. The molecule has 19 heavy (non-hydrogen) atoms. The van der Waals surface area contributed by atoms with Crippen LogP contribution in [-0.2, 0) is 6.54 Å². The van der Waals surface area contributed by atoms with Crippen LogP contribution in [0.3, 0.4) is 0 Å². The number of nitrogens with zero attached hydrogens (tertiary/aromatic N) is 1. The van der Waals surface area contributed by atoms with Crippen LogP contribution in [-0.4, -0.2) is 22.6 Å². The summed E-state index contributed by atoms with van der Waals surface area (Å²) in [5.74, 6) is 0.173. The Hall–Kier alpha value is -0.440. The van der Waals surface area contributed by atoms with E-state index in [9.17, 15) is 5.11 Å². The quantitative estimate of drug-likeness (QED) is 0.859. The fourth-order valence-corrected chi connectivity index (χ4v) is 3.42. The lowest BCUT2D eigenvalue weighted by Gasteiger charge is -2.36. The average molecular weight is 302 g/mol. The first-order valence-electron chi connectivity index (χ1n) is 7.02. The monoisotopic (exact) mass is 301 g/mol. The predicted molar refractivity (Wildman–Crippen MR) is 81.1 cm³/mol. The number of aromatic hydroxyl groups is 1. The summed E-state index contributed by atoms with van der Waals surface area (Å²) in [4.78, 5) is 2.45. The zero-order chi connectivity index (χ0) is 13.8. The molecule has 106 valence electrons. The molecule has 1 fully saturated rings. The Morgan fingerprint density at radius 3 is 2.84 bits per heavy atom. The second kappa shape index (κ2) is 6.83. The summed E-state index contributed by atoms with van der Waals surface area (Å²) in [5.41, 5.74) is 0.834. The molecule has 1 aliphatic rings. The maximum Gasteiger partial charge on any atom is 0.138 e. The van der Waals surface area contributed by atoms with Crippen LogP contribution in [0.4, 0.5) is 0 Å². The molecule has 0 saturated carbocycles. The normalized spacial score (nSPS) is 20.7. The topological polar surface area (TPSA) is 23.5 Å². The second-order valence-electron chi connectivity index (χ2n) is 5.30. The molecule has 1 N–H and O–H groups in total. The van der Waals surface area contributed by atoms with Gasteiger partial charge in [0.05, 0.1) is 5.02 Å². The summed E-state index contributed by atoms with van der Waals surface area (Å²) in [6, 6.07) is 4.03. The van der Waals surface area contributed by atoms with Crippen LogP contribution in [0.5, 0.6) is 5.75 Å². The molecule has 0 spiro atoms. The molecule has 1 atom stereocenters. The van der Waals surface area contributed by atoms with Gasteiger partial charge in [0.2, 0.25) is 0 Å². The van der Waals surface area contributed by atoms with Crippen molar-refractivity contribution in [2.24, 2.45) is 0 Å². The molecule has 1 aromatic carbocycles. The maximum atomic E-state index is 10.1. The predicted octanol–water partition coefficient (Wildman–Crippen LogP) is 4.85. The van der Waals surface area contributed by atoms with E-state index in [-0.39, 0.29) is 5.75 Å². The standard InChI is InChI=1S/C15H21Cl2NO/c1-2-5-13-6-3-4-7-18(13)10-11-8-12(16)9-14(17)15(11)19/h8-9,13,19H,2-7,10H2,1H3. The second-order valence-corrected chi connectivity index (χ2v) is 6.15. The SMILES string of the molecule is CCCC1CCCCN1Cc1cc(Cl)cc(Cl)c1O. The van der Waals surface area contributed by atoms with Crippen molar-refractivity contribution in [1.29, 1.82) is 0 Å². The van der Waals surface area contributed by atoms with E-state index < -0.39 is 0 Å². The number of piperidine rings is 1. The van der Waals surface area contributed by atoms with Crippen molar-refractivity contribution in [3.63, 3.8) is 0 Å². The van der Waals surface area contributed by atoms with E-state index in [2.05, 4.69) is 11.8 Å². The van der Waals surface area contributed by atoms with E-state index in [1.165, 1.54) is 32.1 Å². The molecular weight excluding hydrogens is 281 g/mol. The number of hydrogen-bond acceptors (Lipinski definition) is 2. The Morgan fingerprint density at radius 1 is 1.32 bits per heavy atom. The van der Waals surface area contributed by atoms with E-state index >= 15 is 0 Å². The van der Waals surface area contributed by atoms with Crippen LogP contribution < -0.4 is 0 Å². The summed E-state index contributed by atoms with van der Waals surface area (Å²) in [6.45, 7) is 4.05. The zero-order valence-corrected chi connectivity index (χ0v) is 12.8.